The van der Waals surface area contributed by atoms with Gasteiger partial charge in [0, 0.05) is 29.3 Å². The molecule has 5 rings (SSSR count). The molecular weight excluding hydrogens is 414 g/mol. The van der Waals surface area contributed by atoms with E-state index in [2.05, 4.69) is 20.4 Å². The van der Waals surface area contributed by atoms with Gasteiger partial charge in [-0.15, -0.1) is 0 Å². The van der Waals surface area contributed by atoms with Crippen molar-refractivity contribution >= 4 is 11.7 Å². The molecule has 0 bridgehead atoms. The van der Waals surface area contributed by atoms with Gasteiger partial charge in [0.25, 0.3) is 5.95 Å². The first-order valence-corrected chi connectivity index (χ1v) is 11.0. The molecule has 2 aromatic carbocycles. The fourth-order valence-electron chi connectivity index (χ4n) is 4.32. The van der Waals surface area contributed by atoms with Crippen molar-refractivity contribution in [1.29, 1.82) is 0 Å². The first-order chi connectivity index (χ1) is 16.0. The standard InChI is InChI=1S/C26H25N5O2/c1-16-13-17(2)28-26(27-16)31-25-24(18(3)30-31)22(14-23(32)29-25)20-9-11-21(12-10-20)33-15-19-7-5-4-6-8-19/h4-13,22H,14-15H2,1-3H3,(H,29,32). The maximum Gasteiger partial charge on any atom is 0.252 e. The topological polar surface area (TPSA) is 81.9 Å². The van der Waals surface area contributed by atoms with Crippen LogP contribution >= 0.6 is 0 Å². The third-order valence-corrected chi connectivity index (χ3v) is 5.79. The Balaban J connectivity index is 1.45. The van der Waals surface area contributed by atoms with Crippen molar-refractivity contribution in [3.05, 3.63) is 94.4 Å². The van der Waals surface area contributed by atoms with Crippen molar-refractivity contribution in [3.63, 3.8) is 0 Å². The highest BCUT2D eigenvalue weighted by atomic mass is 16.5. The summed E-state index contributed by atoms with van der Waals surface area (Å²) in [5, 5.41) is 7.68. The molecule has 2 aromatic heterocycles. The number of nitrogens with zero attached hydrogens (tertiary/aromatic N) is 4. The minimum Gasteiger partial charge on any atom is -0.489 e. The molecule has 1 amide bonds. The Kier molecular flexibility index (Phi) is 5.38. The van der Waals surface area contributed by atoms with Crippen molar-refractivity contribution in [2.75, 3.05) is 5.32 Å². The van der Waals surface area contributed by atoms with Crippen molar-refractivity contribution in [2.45, 2.75) is 39.7 Å². The van der Waals surface area contributed by atoms with Crippen LogP contribution in [0.3, 0.4) is 0 Å². The summed E-state index contributed by atoms with van der Waals surface area (Å²) in [5.74, 6) is 1.74. The molecule has 3 heterocycles. The number of ether oxygens (including phenoxy) is 1. The highest BCUT2D eigenvalue weighted by Gasteiger charge is 2.33. The number of aryl methyl sites for hydroxylation is 3. The second kappa shape index (κ2) is 8.50. The van der Waals surface area contributed by atoms with Gasteiger partial charge in [-0.3, -0.25) is 4.79 Å². The van der Waals surface area contributed by atoms with Gasteiger partial charge in [-0.1, -0.05) is 42.5 Å². The van der Waals surface area contributed by atoms with Crippen LogP contribution in [-0.4, -0.2) is 25.7 Å². The zero-order valence-electron chi connectivity index (χ0n) is 18.9. The number of benzene rings is 2. The molecule has 1 unspecified atom stereocenters. The second-order valence-corrected chi connectivity index (χ2v) is 8.36. The van der Waals surface area contributed by atoms with Crippen LogP contribution in [0.2, 0.25) is 0 Å². The molecule has 7 nitrogen and oxygen atoms in total. The number of rotatable bonds is 5. The summed E-state index contributed by atoms with van der Waals surface area (Å²) in [7, 11) is 0. The van der Waals surface area contributed by atoms with Crippen LogP contribution < -0.4 is 10.1 Å². The van der Waals surface area contributed by atoms with Crippen LogP contribution in [0.5, 0.6) is 5.75 Å². The Morgan fingerprint density at radius 3 is 2.39 bits per heavy atom. The van der Waals surface area contributed by atoms with E-state index in [1.165, 1.54) is 0 Å². The molecule has 1 aliphatic rings. The molecule has 4 aromatic rings. The van der Waals surface area contributed by atoms with Crippen molar-refractivity contribution in [3.8, 4) is 11.7 Å². The zero-order valence-corrected chi connectivity index (χ0v) is 18.9. The third kappa shape index (κ3) is 4.22. The Hall–Kier alpha value is -4.00. The number of fused-ring (bicyclic) bond motifs is 1. The Morgan fingerprint density at radius 2 is 1.70 bits per heavy atom. The largest absolute Gasteiger partial charge is 0.489 e. The highest BCUT2D eigenvalue weighted by molar-refractivity contribution is 5.95. The van der Waals surface area contributed by atoms with Crippen molar-refractivity contribution in [2.24, 2.45) is 0 Å². The van der Waals surface area contributed by atoms with Gasteiger partial charge in [-0.05, 0) is 50.1 Å². The average molecular weight is 440 g/mol. The molecule has 7 heteroatoms. The van der Waals surface area contributed by atoms with Gasteiger partial charge in [-0.2, -0.15) is 9.78 Å². The molecule has 1 atom stereocenters. The monoisotopic (exact) mass is 439 g/mol. The van der Waals surface area contributed by atoms with Gasteiger partial charge in [-0.25, -0.2) is 9.97 Å². The molecule has 1 aliphatic heterocycles. The van der Waals surface area contributed by atoms with Gasteiger partial charge >= 0.3 is 0 Å². The number of aromatic nitrogens is 4. The normalized spacial score (nSPS) is 15.1. The highest BCUT2D eigenvalue weighted by Crippen LogP contribution is 2.40. The van der Waals surface area contributed by atoms with Gasteiger partial charge < -0.3 is 10.1 Å². The lowest BCUT2D eigenvalue weighted by atomic mass is 9.86. The summed E-state index contributed by atoms with van der Waals surface area (Å²) in [6, 6.07) is 19.9. The maximum atomic E-state index is 12.6. The van der Waals surface area contributed by atoms with E-state index in [0.717, 1.165) is 39.5 Å². The van der Waals surface area contributed by atoms with Crippen LogP contribution in [0.25, 0.3) is 5.95 Å². The minimum atomic E-state index is -0.100. The van der Waals surface area contributed by atoms with Gasteiger partial charge in [0.2, 0.25) is 5.91 Å². The fraction of sp³-hybridized carbons (Fsp3) is 0.231. The molecular formula is C26H25N5O2. The molecule has 0 radical (unpaired) electrons. The molecule has 166 valence electrons. The molecule has 0 fully saturated rings. The minimum absolute atomic E-state index is 0.0533. The summed E-state index contributed by atoms with van der Waals surface area (Å²) < 4.78 is 7.57. The van der Waals surface area contributed by atoms with E-state index in [1.54, 1.807) is 4.68 Å². The SMILES string of the molecule is Cc1cc(C)nc(-n2nc(C)c3c2NC(=O)CC3c2ccc(OCc3ccccc3)cc2)n1. The van der Waals surface area contributed by atoms with Crippen molar-refractivity contribution in [1.82, 2.24) is 19.7 Å². The zero-order chi connectivity index (χ0) is 22.9. The first kappa shape index (κ1) is 20.9. The van der Waals surface area contributed by atoms with E-state index in [9.17, 15) is 4.79 Å². The number of amides is 1. The fourth-order valence-corrected chi connectivity index (χ4v) is 4.32. The number of carbonyl (C=O) groups is 1. The molecule has 0 spiro atoms. The predicted molar refractivity (Wildman–Crippen MR) is 126 cm³/mol. The Bertz CT molecular complexity index is 1290. The third-order valence-electron chi connectivity index (χ3n) is 5.79. The molecule has 33 heavy (non-hydrogen) atoms. The number of anilines is 1. The van der Waals surface area contributed by atoms with E-state index in [0.29, 0.717) is 24.8 Å². The summed E-state index contributed by atoms with van der Waals surface area (Å²) in [6.45, 7) is 6.31. The predicted octanol–water partition coefficient (Wildman–Crippen LogP) is 4.64. The van der Waals surface area contributed by atoms with E-state index < -0.39 is 0 Å². The van der Waals surface area contributed by atoms with E-state index in [4.69, 9.17) is 4.74 Å². The van der Waals surface area contributed by atoms with Gasteiger partial charge in [0.1, 0.15) is 18.2 Å². The lowest BCUT2D eigenvalue weighted by Gasteiger charge is -2.24. The lowest BCUT2D eigenvalue weighted by Crippen LogP contribution is -2.25. The van der Waals surface area contributed by atoms with Gasteiger partial charge in [0.15, 0.2) is 0 Å². The van der Waals surface area contributed by atoms with Crippen LogP contribution in [-0.2, 0) is 11.4 Å². The quantitative estimate of drug-likeness (QED) is 0.490. The van der Waals surface area contributed by atoms with Crippen molar-refractivity contribution < 1.29 is 9.53 Å². The Labute approximate surface area is 192 Å². The Morgan fingerprint density at radius 1 is 1.00 bits per heavy atom. The van der Waals surface area contributed by atoms with E-state index in [-0.39, 0.29) is 11.8 Å². The van der Waals surface area contributed by atoms with Crippen LogP contribution in [0, 0.1) is 20.8 Å². The summed E-state index contributed by atoms with van der Waals surface area (Å²) >= 11 is 0. The summed E-state index contributed by atoms with van der Waals surface area (Å²) in [5.41, 5.74) is 5.71. The van der Waals surface area contributed by atoms with Crippen LogP contribution in [0.4, 0.5) is 5.82 Å². The molecule has 0 saturated heterocycles. The summed E-state index contributed by atoms with van der Waals surface area (Å²) in [6.07, 6.45) is 0.359. The number of carbonyl (C=O) groups excluding carboxylic acids is 1. The van der Waals surface area contributed by atoms with Gasteiger partial charge in [0.05, 0.1) is 5.69 Å². The summed E-state index contributed by atoms with van der Waals surface area (Å²) in [4.78, 5) is 21.7. The van der Waals surface area contributed by atoms with Crippen LogP contribution in [0.1, 0.15) is 46.1 Å². The number of hydrogen-bond acceptors (Lipinski definition) is 5. The second-order valence-electron chi connectivity index (χ2n) is 8.36. The number of hydrogen-bond donors (Lipinski definition) is 1. The molecule has 1 N–H and O–H groups in total. The van der Waals surface area contributed by atoms with E-state index >= 15 is 0 Å². The molecule has 0 saturated carbocycles. The lowest BCUT2D eigenvalue weighted by molar-refractivity contribution is -0.116. The average Bonchev–Trinajstić information content (AvgIpc) is 3.14. The molecule has 0 aliphatic carbocycles. The van der Waals surface area contributed by atoms with Crippen LogP contribution in [0.15, 0.2) is 60.7 Å². The number of nitrogens with one attached hydrogen (secondary N) is 1. The first-order valence-electron chi connectivity index (χ1n) is 11.0. The smallest absolute Gasteiger partial charge is 0.252 e. The van der Waals surface area contributed by atoms with E-state index in [1.807, 2.05) is 81.4 Å². The maximum absolute atomic E-state index is 12.6.